The largest absolute Gasteiger partial charge is 0.548 e. The predicted molar refractivity (Wildman–Crippen MR) is 91.1 cm³/mol. The Morgan fingerprint density at radius 1 is 1.62 bits per heavy atom. The third-order valence-corrected chi connectivity index (χ3v) is 5.61. The number of carboxylic acid groups (broad SMARTS) is 1. The summed E-state index contributed by atoms with van der Waals surface area (Å²) >= 11 is 9.33. The van der Waals surface area contributed by atoms with Crippen molar-refractivity contribution >= 4 is 69.4 Å². The van der Waals surface area contributed by atoms with Crippen LogP contribution in [0.5, 0.6) is 0 Å². The van der Waals surface area contributed by atoms with E-state index >= 15 is 0 Å². The van der Waals surface area contributed by atoms with E-state index in [0.29, 0.717) is 17.1 Å². The van der Waals surface area contributed by atoms with E-state index in [9.17, 15) is 14.7 Å². The van der Waals surface area contributed by atoms with Gasteiger partial charge in [0.15, 0.2) is 0 Å². The maximum Gasteiger partial charge on any atom is 0.266 e. The van der Waals surface area contributed by atoms with Gasteiger partial charge in [-0.2, -0.15) is 11.8 Å². The Morgan fingerprint density at radius 3 is 2.95 bits per heavy atom. The first-order valence-electron chi connectivity index (χ1n) is 6.05. The third kappa shape index (κ3) is 3.88. The zero-order valence-corrected chi connectivity index (χ0v) is 14.4. The number of carbonyl (C=O) groups is 2. The van der Waals surface area contributed by atoms with Gasteiger partial charge in [-0.3, -0.25) is 9.69 Å². The Bertz CT molecular complexity index is 582. The highest BCUT2D eigenvalue weighted by Gasteiger charge is 2.37. The smallest absolute Gasteiger partial charge is 0.266 e. The van der Waals surface area contributed by atoms with Gasteiger partial charge < -0.3 is 9.90 Å². The van der Waals surface area contributed by atoms with Crippen LogP contribution < -0.4 is 5.11 Å². The summed E-state index contributed by atoms with van der Waals surface area (Å²) in [4.78, 5) is 26.3. The van der Waals surface area contributed by atoms with Crippen LogP contribution in [-0.4, -0.2) is 39.1 Å². The SMILES string of the molecule is CSCC[C@@H](C(=O)[O-])N1C(=O)/C(=C/c2cccs2)SC1=S. The van der Waals surface area contributed by atoms with E-state index in [-0.39, 0.29) is 10.2 Å². The van der Waals surface area contributed by atoms with E-state index in [1.807, 2.05) is 23.8 Å². The average Bonchev–Trinajstić information content (AvgIpc) is 3.02. The normalized spacial score (nSPS) is 18.5. The monoisotopic (exact) mass is 358 g/mol. The Balaban J connectivity index is 2.22. The van der Waals surface area contributed by atoms with Gasteiger partial charge in [0.25, 0.3) is 5.91 Å². The molecule has 21 heavy (non-hydrogen) atoms. The molecule has 0 N–H and O–H groups in total. The lowest BCUT2D eigenvalue weighted by atomic mass is 10.2. The van der Waals surface area contributed by atoms with E-state index < -0.39 is 12.0 Å². The molecule has 0 aliphatic carbocycles. The highest BCUT2D eigenvalue weighted by atomic mass is 32.2. The van der Waals surface area contributed by atoms with E-state index in [2.05, 4.69) is 0 Å². The minimum absolute atomic E-state index is 0.276. The van der Waals surface area contributed by atoms with Crippen LogP contribution in [-0.2, 0) is 9.59 Å². The molecule has 0 radical (unpaired) electrons. The number of carboxylic acids is 1. The predicted octanol–water partition coefficient (Wildman–Crippen LogP) is 1.82. The molecule has 1 fully saturated rings. The zero-order valence-electron chi connectivity index (χ0n) is 11.1. The summed E-state index contributed by atoms with van der Waals surface area (Å²) in [6, 6.07) is 2.78. The van der Waals surface area contributed by atoms with Crippen molar-refractivity contribution in [3.05, 3.63) is 27.3 Å². The summed E-state index contributed by atoms with van der Waals surface area (Å²) < 4.78 is 0.276. The second-order valence-corrected chi connectivity index (χ2v) is 7.82. The summed E-state index contributed by atoms with van der Waals surface area (Å²) in [7, 11) is 0. The molecule has 0 spiro atoms. The van der Waals surface area contributed by atoms with Crippen molar-refractivity contribution < 1.29 is 14.7 Å². The summed E-state index contributed by atoms with van der Waals surface area (Å²) in [6.45, 7) is 0. The Morgan fingerprint density at radius 2 is 2.38 bits per heavy atom. The van der Waals surface area contributed by atoms with Gasteiger partial charge in [-0.05, 0) is 36.0 Å². The first-order valence-corrected chi connectivity index (χ1v) is 9.54. The minimum Gasteiger partial charge on any atom is -0.548 e. The van der Waals surface area contributed by atoms with E-state index in [1.54, 1.807) is 6.08 Å². The number of thiocarbonyl (C=S) groups is 1. The van der Waals surface area contributed by atoms with Crippen LogP contribution in [0.15, 0.2) is 22.4 Å². The number of thiophene rings is 1. The minimum atomic E-state index is -1.27. The van der Waals surface area contributed by atoms with Crippen LogP contribution >= 0.6 is 47.1 Å². The molecule has 0 aromatic carbocycles. The number of aliphatic carboxylic acids is 1. The molecular weight excluding hydrogens is 346 g/mol. The van der Waals surface area contributed by atoms with E-state index in [4.69, 9.17) is 12.2 Å². The number of nitrogens with zero attached hydrogens (tertiary/aromatic N) is 1. The maximum absolute atomic E-state index is 12.4. The van der Waals surface area contributed by atoms with Crippen molar-refractivity contribution in [2.75, 3.05) is 12.0 Å². The lowest BCUT2D eigenvalue weighted by Gasteiger charge is -2.27. The van der Waals surface area contributed by atoms with Gasteiger partial charge in [-0.1, -0.05) is 30.0 Å². The topological polar surface area (TPSA) is 60.4 Å². The molecule has 1 aliphatic rings. The fourth-order valence-electron chi connectivity index (χ4n) is 1.83. The van der Waals surface area contributed by atoms with Gasteiger partial charge in [0.2, 0.25) is 0 Å². The van der Waals surface area contributed by atoms with Crippen LogP contribution in [0.3, 0.4) is 0 Å². The van der Waals surface area contributed by atoms with Crippen LogP contribution in [0.1, 0.15) is 11.3 Å². The first kappa shape index (κ1) is 16.5. The Hall–Kier alpha value is -0.830. The molecule has 1 aromatic rings. The molecule has 4 nitrogen and oxygen atoms in total. The second-order valence-electron chi connectivity index (χ2n) is 4.18. The highest BCUT2D eigenvalue weighted by molar-refractivity contribution is 8.26. The van der Waals surface area contributed by atoms with Crippen LogP contribution in [0.2, 0.25) is 0 Å². The molecule has 0 unspecified atom stereocenters. The standard InChI is InChI=1S/C13H13NO3S4/c1-19-6-4-9(12(16)17)14-11(15)10(21-13(14)18)7-8-3-2-5-20-8/h2-3,5,7,9H,4,6H2,1H3,(H,16,17)/p-1/b10-7-/t9-/m0/s1. The molecular formula is C13H12NO3S4-. The van der Waals surface area contributed by atoms with Crippen molar-refractivity contribution in [1.29, 1.82) is 0 Å². The number of thioether (sulfide) groups is 2. The number of rotatable bonds is 6. The molecule has 1 amide bonds. The molecule has 8 heteroatoms. The average molecular weight is 359 g/mol. The van der Waals surface area contributed by atoms with Crippen molar-refractivity contribution in [2.24, 2.45) is 0 Å². The zero-order chi connectivity index (χ0) is 15.4. The van der Waals surface area contributed by atoms with Gasteiger partial charge in [0, 0.05) is 4.88 Å². The molecule has 1 aromatic heterocycles. The third-order valence-electron chi connectivity index (χ3n) is 2.82. The summed E-state index contributed by atoms with van der Waals surface area (Å²) in [6.07, 6.45) is 3.94. The van der Waals surface area contributed by atoms with E-state index in [1.165, 1.54) is 28.0 Å². The number of hydrogen-bond acceptors (Lipinski definition) is 7. The van der Waals surface area contributed by atoms with Crippen molar-refractivity contribution in [2.45, 2.75) is 12.5 Å². The molecule has 0 saturated carbocycles. The van der Waals surface area contributed by atoms with Gasteiger partial charge >= 0.3 is 0 Å². The summed E-state index contributed by atoms with van der Waals surface area (Å²) in [5, 5.41) is 13.2. The molecule has 1 saturated heterocycles. The molecule has 2 rings (SSSR count). The molecule has 1 atom stereocenters. The Labute approximate surface area is 140 Å². The van der Waals surface area contributed by atoms with Gasteiger partial charge in [-0.25, -0.2) is 0 Å². The highest BCUT2D eigenvalue weighted by Crippen LogP contribution is 2.35. The maximum atomic E-state index is 12.4. The number of amides is 1. The fourth-order valence-corrected chi connectivity index (χ4v) is 4.37. The van der Waals surface area contributed by atoms with Crippen LogP contribution in [0.4, 0.5) is 0 Å². The van der Waals surface area contributed by atoms with Crippen LogP contribution in [0.25, 0.3) is 6.08 Å². The second kappa shape index (κ2) is 7.44. The molecule has 1 aliphatic heterocycles. The lowest BCUT2D eigenvalue weighted by molar-refractivity contribution is -0.310. The number of carbonyl (C=O) groups excluding carboxylic acids is 2. The summed E-state index contributed by atoms with van der Waals surface area (Å²) in [5.41, 5.74) is 0. The van der Waals surface area contributed by atoms with Gasteiger partial charge in [0.05, 0.1) is 16.9 Å². The van der Waals surface area contributed by atoms with Gasteiger partial charge in [0.1, 0.15) is 4.32 Å². The lowest BCUT2D eigenvalue weighted by Crippen LogP contribution is -2.50. The van der Waals surface area contributed by atoms with Gasteiger partial charge in [-0.15, -0.1) is 11.3 Å². The fraction of sp³-hybridized carbons (Fsp3) is 0.308. The quantitative estimate of drug-likeness (QED) is 0.571. The van der Waals surface area contributed by atoms with Crippen molar-refractivity contribution in [3.63, 3.8) is 0 Å². The number of hydrogen-bond donors (Lipinski definition) is 0. The Kier molecular flexibility index (Phi) is 5.86. The van der Waals surface area contributed by atoms with E-state index in [0.717, 1.165) is 16.6 Å². The van der Waals surface area contributed by atoms with Crippen molar-refractivity contribution in [3.8, 4) is 0 Å². The molecule has 0 bridgehead atoms. The first-order chi connectivity index (χ1) is 10.0. The van der Waals surface area contributed by atoms with Crippen molar-refractivity contribution in [1.82, 2.24) is 4.90 Å². The van der Waals surface area contributed by atoms with Crippen LogP contribution in [0, 0.1) is 0 Å². The molecule has 2 heterocycles. The molecule has 112 valence electrons. The summed E-state index contributed by atoms with van der Waals surface area (Å²) in [5.74, 6) is -0.994.